The Balaban J connectivity index is 1.22. The third-order valence-electron chi connectivity index (χ3n) is 5.48. The van der Waals surface area contributed by atoms with Gasteiger partial charge in [0, 0.05) is 49.2 Å². The van der Waals surface area contributed by atoms with Gasteiger partial charge in [0.2, 0.25) is 11.8 Å². The van der Waals surface area contributed by atoms with Crippen molar-refractivity contribution in [1.82, 2.24) is 15.2 Å². The van der Waals surface area contributed by atoms with Crippen LogP contribution in [-0.2, 0) is 9.59 Å². The Morgan fingerprint density at radius 2 is 1.86 bits per heavy atom. The number of benzene rings is 2. The van der Waals surface area contributed by atoms with Gasteiger partial charge >= 0.3 is 0 Å². The van der Waals surface area contributed by atoms with E-state index < -0.39 is 11.7 Å². The van der Waals surface area contributed by atoms with Crippen molar-refractivity contribution < 1.29 is 18.7 Å². The second-order valence-electron chi connectivity index (χ2n) is 7.88. The summed E-state index contributed by atoms with van der Waals surface area (Å²) in [4.78, 5) is 32.5. The van der Waals surface area contributed by atoms with E-state index in [2.05, 4.69) is 15.2 Å². The summed E-state index contributed by atoms with van der Waals surface area (Å²) in [6.45, 7) is 2.44. The van der Waals surface area contributed by atoms with Gasteiger partial charge in [-0.05, 0) is 60.2 Å². The molecule has 0 unspecified atom stereocenters. The maximum Gasteiger partial charge on any atom is 0.244 e. The zero-order valence-corrected chi connectivity index (χ0v) is 19.6. The van der Waals surface area contributed by atoms with Gasteiger partial charge in [0.05, 0.1) is 12.7 Å². The van der Waals surface area contributed by atoms with Crippen molar-refractivity contribution in [2.75, 3.05) is 37.6 Å². The Morgan fingerprint density at radius 3 is 2.54 bits per heavy atom. The molecule has 1 aromatic heterocycles. The van der Waals surface area contributed by atoms with Crippen molar-refractivity contribution >= 4 is 35.2 Å². The molecule has 4 rings (SSSR count). The van der Waals surface area contributed by atoms with Gasteiger partial charge in [-0.1, -0.05) is 17.7 Å². The summed E-state index contributed by atoms with van der Waals surface area (Å²) in [7, 11) is 0. The minimum Gasteiger partial charge on any atom is -0.453 e. The average molecular weight is 495 g/mol. The van der Waals surface area contributed by atoms with E-state index in [9.17, 15) is 14.0 Å². The third kappa shape index (κ3) is 6.80. The van der Waals surface area contributed by atoms with E-state index in [4.69, 9.17) is 16.3 Å². The summed E-state index contributed by atoms with van der Waals surface area (Å²) >= 11 is 5.94. The summed E-state index contributed by atoms with van der Waals surface area (Å²) in [5, 5.41) is 3.27. The Bertz CT molecular complexity index is 1200. The zero-order chi connectivity index (χ0) is 24.6. The van der Waals surface area contributed by atoms with E-state index in [-0.39, 0.29) is 18.2 Å². The Labute approximate surface area is 207 Å². The quantitative estimate of drug-likeness (QED) is 0.500. The summed E-state index contributed by atoms with van der Waals surface area (Å²) in [5.41, 5.74) is 1.55. The van der Waals surface area contributed by atoms with E-state index in [0.29, 0.717) is 42.5 Å². The highest BCUT2D eigenvalue weighted by Crippen LogP contribution is 2.25. The molecule has 1 fully saturated rings. The molecule has 1 aliphatic heterocycles. The van der Waals surface area contributed by atoms with Gasteiger partial charge in [0.15, 0.2) is 11.6 Å². The molecule has 0 radical (unpaired) electrons. The molecule has 1 saturated heterocycles. The highest BCUT2D eigenvalue weighted by molar-refractivity contribution is 6.30. The fourth-order valence-electron chi connectivity index (χ4n) is 3.61. The highest BCUT2D eigenvalue weighted by Gasteiger charge is 2.21. The molecule has 0 spiro atoms. The maximum absolute atomic E-state index is 14.3. The normalized spacial score (nSPS) is 13.7. The molecular formula is C26H24ClFN4O3. The summed E-state index contributed by atoms with van der Waals surface area (Å²) in [6, 6.07) is 15.3. The molecule has 0 saturated carbocycles. The minimum atomic E-state index is -0.565. The van der Waals surface area contributed by atoms with Crippen LogP contribution in [0.5, 0.6) is 11.5 Å². The number of ether oxygens (including phenoxy) is 1. The molecule has 1 aliphatic rings. The van der Waals surface area contributed by atoms with Crippen molar-refractivity contribution in [1.29, 1.82) is 0 Å². The monoisotopic (exact) mass is 494 g/mol. The van der Waals surface area contributed by atoms with Crippen LogP contribution in [-0.4, -0.2) is 54.4 Å². The SMILES string of the molecule is O=C(/C=C/c1ccc(Oc2cccnc2)c(F)c1)NCC(=O)N1CCN(c2ccc(Cl)cc2)CC1. The number of nitrogens with zero attached hydrogens (tertiary/aromatic N) is 3. The van der Waals surface area contributed by atoms with E-state index in [1.807, 2.05) is 24.3 Å². The number of pyridine rings is 1. The molecule has 3 aromatic rings. The van der Waals surface area contributed by atoms with E-state index in [1.165, 1.54) is 30.5 Å². The number of nitrogens with one attached hydrogen (secondary N) is 1. The smallest absolute Gasteiger partial charge is 0.244 e. The maximum atomic E-state index is 14.3. The van der Waals surface area contributed by atoms with E-state index in [0.717, 1.165) is 5.69 Å². The number of aromatic nitrogens is 1. The molecule has 0 atom stereocenters. The first-order valence-electron chi connectivity index (χ1n) is 11.1. The largest absolute Gasteiger partial charge is 0.453 e. The van der Waals surface area contributed by atoms with Crippen molar-refractivity contribution in [2.45, 2.75) is 0 Å². The number of halogens is 2. The van der Waals surface area contributed by atoms with Crippen LogP contribution in [0.25, 0.3) is 6.08 Å². The molecule has 0 aliphatic carbocycles. The van der Waals surface area contributed by atoms with Crippen LogP contribution in [0.2, 0.25) is 5.02 Å². The molecule has 0 bridgehead atoms. The number of hydrogen-bond donors (Lipinski definition) is 1. The topological polar surface area (TPSA) is 74.8 Å². The van der Waals surface area contributed by atoms with Gasteiger partial charge in [0.25, 0.3) is 0 Å². The molecule has 1 N–H and O–H groups in total. The zero-order valence-electron chi connectivity index (χ0n) is 18.9. The molecule has 2 aromatic carbocycles. The summed E-state index contributed by atoms with van der Waals surface area (Å²) in [6.07, 6.45) is 5.82. The van der Waals surface area contributed by atoms with Gasteiger partial charge in [-0.3, -0.25) is 14.6 Å². The highest BCUT2D eigenvalue weighted by atomic mass is 35.5. The lowest BCUT2D eigenvalue weighted by molar-refractivity contribution is -0.132. The first-order chi connectivity index (χ1) is 17.0. The fraction of sp³-hybridized carbons (Fsp3) is 0.192. The average Bonchev–Trinajstić information content (AvgIpc) is 2.88. The molecule has 2 amide bonds. The van der Waals surface area contributed by atoms with Crippen molar-refractivity contribution in [3.63, 3.8) is 0 Å². The number of amides is 2. The van der Waals surface area contributed by atoms with Crippen LogP contribution in [0.4, 0.5) is 10.1 Å². The van der Waals surface area contributed by atoms with Crippen molar-refractivity contribution in [2.24, 2.45) is 0 Å². The van der Waals surface area contributed by atoms with Crippen LogP contribution in [0, 0.1) is 5.82 Å². The molecule has 2 heterocycles. The lowest BCUT2D eigenvalue weighted by Gasteiger charge is -2.36. The van der Waals surface area contributed by atoms with Crippen LogP contribution in [0.3, 0.4) is 0 Å². The second kappa shape index (κ2) is 11.5. The first-order valence-corrected chi connectivity index (χ1v) is 11.5. The summed E-state index contributed by atoms with van der Waals surface area (Å²) in [5.74, 6) is -0.671. The standard InChI is InChI=1S/C26H24ClFN4O3/c27-20-5-7-21(8-6-20)31-12-14-32(15-13-31)26(34)18-30-25(33)10-4-19-3-9-24(23(28)16-19)35-22-2-1-11-29-17-22/h1-11,16-17H,12-15,18H2,(H,30,33)/b10-4+. The molecule has 180 valence electrons. The third-order valence-corrected chi connectivity index (χ3v) is 5.74. The number of anilines is 1. The predicted octanol–water partition coefficient (Wildman–Crippen LogP) is 4.14. The lowest BCUT2D eigenvalue weighted by Crippen LogP contribution is -2.51. The van der Waals surface area contributed by atoms with Crippen LogP contribution in [0.1, 0.15) is 5.56 Å². The van der Waals surface area contributed by atoms with Crippen LogP contribution < -0.4 is 15.0 Å². The van der Waals surface area contributed by atoms with E-state index in [1.54, 1.807) is 29.3 Å². The number of hydrogen-bond acceptors (Lipinski definition) is 5. The molecular weight excluding hydrogens is 471 g/mol. The van der Waals surface area contributed by atoms with Gasteiger partial charge in [-0.15, -0.1) is 0 Å². The van der Waals surface area contributed by atoms with Crippen LogP contribution in [0.15, 0.2) is 73.1 Å². The van der Waals surface area contributed by atoms with Gasteiger partial charge in [-0.2, -0.15) is 0 Å². The number of rotatable bonds is 7. The molecule has 9 heteroatoms. The second-order valence-corrected chi connectivity index (χ2v) is 8.31. The number of piperazine rings is 1. The van der Waals surface area contributed by atoms with Crippen LogP contribution >= 0.6 is 11.6 Å². The predicted molar refractivity (Wildman–Crippen MR) is 133 cm³/mol. The van der Waals surface area contributed by atoms with Gasteiger partial charge in [-0.25, -0.2) is 4.39 Å². The minimum absolute atomic E-state index is 0.0568. The van der Waals surface area contributed by atoms with E-state index >= 15 is 0 Å². The number of carbonyl (C=O) groups is 2. The summed E-state index contributed by atoms with van der Waals surface area (Å²) < 4.78 is 19.8. The lowest BCUT2D eigenvalue weighted by atomic mass is 10.2. The van der Waals surface area contributed by atoms with Gasteiger partial charge < -0.3 is 19.9 Å². The Morgan fingerprint density at radius 1 is 1.09 bits per heavy atom. The molecule has 7 nitrogen and oxygen atoms in total. The van der Waals surface area contributed by atoms with Crippen molar-refractivity contribution in [3.05, 3.63) is 89.5 Å². The Hall–Kier alpha value is -3.91. The van der Waals surface area contributed by atoms with Gasteiger partial charge in [0.1, 0.15) is 5.75 Å². The van der Waals surface area contributed by atoms with Crippen molar-refractivity contribution in [3.8, 4) is 11.5 Å². The fourth-order valence-corrected chi connectivity index (χ4v) is 3.74. The molecule has 35 heavy (non-hydrogen) atoms. The first kappa shape index (κ1) is 24.2. The Kier molecular flexibility index (Phi) is 7.95. The number of carbonyl (C=O) groups excluding carboxylic acids is 2.